The van der Waals surface area contributed by atoms with Crippen molar-refractivity contribution in [1.29, 1.82) is 0 Å². The Hall–Kier alpha value is -0.0400. The molecule has 1 nitrogen and oxygen atoms in total. The first kappa shape index (κ1) is 16.3. The fraction of sp³-hybridized carbons (Fsp3) is 1.00. The molecule has 2 saturated carbocycles. The Balaban J connectivity index is 1.69. The second-order valence-electron chi connectivity index (χ2n) is 7.60. The summed E-state index contributed by atoms with van der Waals surface area (Å²) in [4.78, 5) is 0. The molecule has 0 aromatic carbocycles. The molecule has 1 heteroatoms. The van der Waals surface area contributed by atoms with Crippen LogP contribution in [0.1, 0.15) is 90.9 Å². The Labute approximate surface area is 126 Å². The summed E-state index contributed by atoms with van der Waals surface area (Å²) in [5.74, 6) is 3.66. The van der Waals surface area contributed by atoms with Crippen LogP contribution >= 0.6 is 0 Å². The lowest BCUT2D eigenvalue weighted by Gasteiger charge is -2.39. The van der Waals surface area contributed by atoms with Crippen LogP contribution in [0.2, 0.25) is 0 Å². The Bertz CT molecular complexity index is 246. The molecule has 2 rings (SSSR count). The molecule has 2 aliphatic rings. The minimum absolute atomic E-state index is 0.0127. The molecule has 2 aliphatic carbocycles. The average molecular weight is 280 g/mol. The molecule has 0 radical (unpaired) electrons. The van der Waals surface area contributed by atoms with E-state index in [1.165, 1.54) is 64.2 Å². The molecule has 1 unspecified atom stereocenters. The van der Waals surface area contributed by atoms with Crippen LogP contribution in [0.3, 0.4) is 0 Å². The highest BCUT2D eigenvalue weighted by Crippen LogP contribution is 2.43. The summed E-state index contributed by atoms with van der Waals surface area (Å²) in [5.41, 5.74) is 0. The first-order valence-corrected chi connectivity index (χ1v) is 9.42. The highest BCUT2D eigenvalue weighted by Gasteiger charge is 2.32. The molecule has 1 N–H and O–H groups in total. The van der Waals surface area contributed by atoms with Gasteiger partial charge in [-0.2, -0.15) is 0 Å². The molecule has 118 valence electrons. The highest BCUT2D eigenvalue weighted by molar-refractivity contribution is 4.83. The third-order valence-electron chi connectivity index (χ3n) is 6.20. The molecule has 0 aromatic rings. The van der Waals surface area contributed by atoms with Gasteiger partial charge < -0.3 is 5.11 Å². The van der Waals surface area contributed by atoms with Gasteiger partial charge in [0.15, 0.2) is 0 Å². The average Bonchev–Trinajstić information content (AvgIpc) is 2.49. The summed E-state index contributed by atoms with van der Waals surface area (Å²) < 4.78 is 0. The van der Waals surface area contributed by atoms with Crippen LogP contribution in [-0.2, 0) is 0 Å². The van der Waals surface area contributed by atoms with Crippen LogP contribution in [-0.4, -0.2) is 11.2 Å². The van der Waals surface area contributed by atoms with Gasteiger partial charge in [0, 0.05) is 0 Å². The predicted molar refractivity (Wildman–Crippen MR) is 86.7 cm³/mol. The minimum atomic E-state index is -0.0127. The maximum absolute atomic E-state index is 10.2. The van der Waals surface area contributed by atoms with E-state index >= 15 is 0 Å². The van der Waals surface area contributed by atoms with E-state index in [0.29, 0.717) is 5.92 Å². The topological polar surface area (TPSA) is 20.2 Å². The van der Waals surface area contributed by atoms with Crippen molar-refractivity contribution in [3.8, 4) is 0 Å². The number of rotatable bonds is 6. The molecule has 0 heterocycles. The number of hydrogen-bond donors (Lipinski definition) is 1. The Kier molecular flexibility index (Phi) is 6.87. The van der Waals surface area contributed by atoms with Crippen molar-refractivity contribution in [3.05, 3.63) is 0 Å². The summed E-state index contributed by atoms with van der Waals surface area (Å²) >= 11 is 0. The zero-order chi connectivity index (χ0) is 14.4. The second kappa shape index (κ2) is 8.41. The summed E-state index contributed by atoms with van der Waals surface area (Å²) in [6.07, 6.45) is 16.3. The summed E-state index contributed by atoms with van der Waals surface area (Å²) in [6, 6.07) is 0. The van der Waals surface area contributed by atoms with Crippen LogP contribution in [0.4, 0.5) is 0 Å². The van der Waals surface area contributed by atoms with Crippen LogP contribution in [0.5, 0.6) is 0 Å². The second-order valence-corrected chi connectivity index (χ2v) is 7.60. The lowest BCUT2D eigenvalue weighted by molar-refractivity contribution is 0.0510. The SMILES string of the molecule is CCCC1CCC(C2CCC(C(O)CCC)CC2)CC1. The van der Waals surface area contributed by atoms with Crippen molar-refractivity contribution in [2.75, 3.05) is 0 Å². The van der Waals surface area contributed by atoms with E-state index in [-0.39, 0.29) is 6.10 Å². The smallest absolute Gasteiger partial charge is 0.0568 e. The van der Waals surface area contributed by atoms with Gasteiger partial charge in [0.05, 0.1) is 6.10 Å². The van der Waals surface area contributed by atoms with Crippen molar-refractivity contribution in [2.45, 2.75) is 97.0 Å². The van der Waals surface area contributed by atoms with E-state index in [1.54, 1.807) is 0 Å². The predicted octanol–water partition coefficient (Wildman–Crippen LogP) is 5.56. The van der Waals surface area contributed by atoms with Gasteiger partial charge >= 0.3 is 0 Å². The fourth-order valence-electron chi connectivity index (χ4n) is 4.89. The third kappa shape index (κ3) is 4.48. The molecule has 0 spiro atoms. The monoisotopic (exact) mass is 280 g/mol. The van der Waals surface area contributed by atoms with Crippen molar-refractivity contribution in [1.82, 2.24) is 0 Å². The lowest BCUT2D eigenvalue weighted by atomic mass is 9.68. The molecule has 0 aromatic heterocycles. The van der Waals surface area contributed by atoms with Gasteiger partial charge in [-0.15, -0.1) is 0 Å². The van der Waals surface area contributed by atoms with Gasteiger partial charge in [-0.3, -0.25) is 0 Å². The molecule has 0 saturated heterocycles. The van der Waals surface area contributed by atoms with Gasteiger partial charge in [0.2, 0.25) is 0 Å². The molecule has 1 atom stereocenters. The van der Waals surface area contributed by atoms with Crippen molar-refractivity contribution < 1.29 is 5.11 Å². The van der Waals surface area contributed by atoms with E-state index in [9.17, 15) is 5.11 Å². The molecule has 0 aliphatic heterocycles. The van der Waals surface area contributed by atoms with Crippen LogP contribution in [0.25, 0.3) is 0 Å². The third-order valence-corrected chi connectivity index (χ3v) is 6.20. The van der Waals surface area contributed by atoms with E-state index in [1.807, 2.05) is 0 Å². The largest absolute Gasteiger partial charge is 0.393 e. The van der Waals surface area contributed by atoms with Crippen molar-refractivity contribution in [2.24, 2.45) is 23.7 Å². The minimum Gasteiger partial charge on any atom is -0.393 e. The highest BCUT2D eigenvalue weighted by atomic mass is 16.3. The summed E-state index contributed by atoms with van der Waals surface area (Å²) in [7, 11) is 0. The van der Waals surface area contributed by atoms with E-state index in [2.05, 4.69) is 13.8 Å². The molecule has 20 heavy (non-hydrogen) atoms. The molecule has 0 bridgehead atoms. The van der Waals surface area contributed by atoms with Crippen LogP contribution in [0, 0.1) is 23.7 Å². The molecule has 2 fully saturated rings. The van der Waals surface area contributed by atoms with Gasteiger partial charge in [-0.25, -0.2) is 0 Å². The van der Waals surface area contributed by atoms with E-state index in [4.69, 9.17) is 0 Å². The maximum Gasteiger partial charge on any atom is 0.0568 e. The standard InChI is InChI=1S/C19H36O/c1-3-5-15-7-9-16(10-8-15)17-11-13-18(14-12-17)19(20)6-4-2/h15-20H,3-14H2,1-2H3. The Morgan fingerprint density at radius 1 is 0.800 bits per heavy atom. The zero-order valence-electron chi connectivity index (χ0n) is 13.8. The van der Waals surface area contributed by atoms with Crippen molar-refractivity contribution >= 4 is 0 Å². The molecule has 0 amide bonds. The summed E-state index contributed by atoms with van der Waals surface area (Å²) in [5, 5.41) is 10.2. The first-order valence-electron chi connectivity index (χ1n) is 9.42. The number of aliphatic hydroxyl groups is 1. The van der Waals surface area contributed by atoms with Gasteiger partial charge in [-0.05, 0) is 68.6 Å². The normalized spacial score (nSPS) is 36.8. The Morgan fingerprint density at radius 3 is 1.85 bits per heavy atom. The molecular formula is C19H36O. The fourth-order valence-corrected chi connectivity index (χ4v) is 4.89. The quantitative estimate of drug-likeness (QED) is 0.675. The number of aliphatic hydroxyl groups excluding tert-OH is 1. The maximum atomic E-state index is 10.2. The summed E-state index contributed by atoms with van der Waals surface area (Å²) in [6.45, 7) is 4.51. The van der Waals surface area contributed by atoms with Crippen molar-refractivity contribution in [3.63, 3.8) is 0 Å². The zero-order valence-corrected chi connectivity index (χ0v) is 13.8. The lowest BCUT2D eigenvalue weighted by Crippen LogP contribution is -2.30. The molecular weight excluding hydrogens is 244 g/mol. The van der Waals surface area contributed by atoms with Gasteiger partial charge in [0.1, 0.15) is 0 Å². The van der Waals surface area contributed by atoms with Gasteiger partial charge in [0.25, 0.3) is 0 Å². The van der Waals surface area contributed by atoms with Crippen LogP contribution in [0.15, 0.2) is 0 Å². The Morgan fingerprint density at radius 2 is 1.35 bits per heavy atom. The van der Waals surface area contributed by atoms with Gasteiger partial charge in [-0.1, -0.05) is 46.0 Å². The number of hydrogen-bond acceptors (Lipinski definition) is 1. The van der Waals surface area contributed by atoms with Crippen LogP contribution < -0.4 is 0 Å². The van der Waals surface area contributed by atoms with E-state index < -0.39 is 0 Å². The van der Waals surface area contributed by atoms with E-state index in [0.717, 1.165) is 30.6 Å². The first-order chi connectivity index (χ1) is 9.74.